The third kappa shape index (κ3) is 2.89. The molecule has 2 fully saturated rings. The van der Waals surface area contributed by atoms with Crippen LogP contribution in [0.3, 0.4) is 0 Å². The van der Waals surface area contributed by atoms with Gasteiger partial charge in [0.1, 0.15) is 5.82 Å². The van der Waals surface area contributed by atoms with Crippen molar-refractivity contribution in [2.45, 2.75) is 25.7 Å². The van der Waals surface area contributed by atoms with Gasteiger partial charge in [-0.05, 0) is 55.7 Å². The minimum Gasteiger partial charge on any atom is -0.338 e. The SMILES string of the molecule is O=C(c1cccc(F)c1)N(CC1CC1)CC1CC1. The first-order valence-corrected chi connectivity index (χ1v) is 6.77. The number of nitrogens with zero attached hydrogens (tertiary/aromatic N) is 1. The predicted octanol–water partition coefficient (Wildman–Crippen LogP) is 3.09. The zero-order valence-corrected chi connectivity index (χ0v) is 10.4. The quantitative estimate of drug-likeness (QED) is 0.783. The van der Waals surface area contributed by atoms with Crippen LogP contribution in [0.1, 0.15) is 36.0 Å². The number of carbonyl (C=O) groups excluding carboxylic acids is 1. The van der Waals surface area contributed by atoms with Gasteiger partial charge < -0.3 is 4.90 Å². The molecule has 0 atom stereocenters. The summed E-state index contributed by atoms with van der Waals surface area (Å²) in [4.78, 5) is 14.3. The third-order valence-corrected chi connectivity index (χ3v) is 3.71. The second-order valence-corrected chi connectivity index (χ2v) is 5.61. The van der Waals surface area contributed by atoms with Gasteiger partial charge in [-0.15, -0.1) is 0 Å². The molecule has 1 aromatic rings. The molecule has 0 radical (unpaired) electrons. The maximum absolute atomic E-state index is 13.2. The van der Waals surface area contributed by atoms with Crippen LogP contribution in [0.5, 0.6) is 0 Å². The van der Waals surface area contributed by atoms with Crippen molar-refractivity contribution >= 4 is 5.91 Å². The number of hydrogen-bond acceptors (Lipinski definition) is 1. The highest BCUT2D eigenvalue weighted by Crippen LogP contribution is 2.34. The molecule has 0 unspecified atom stereocenters. The molecule has 0 spiro atoms. The van der Waals surface area contributed by atoms with Crippen LogP contribution in [0.2, 0.25) is 0 Å². The summed E-state index contributed by atoms with van der Waals surface area (Å²) in [6, 6.07) is 6.03. The second kappa shape index (κ2) is 4.71. The van der Waals surface area contributed by atoms with E-state index in [-0.39, 0.29) is 11.7 Å². The fourth-order valence-corrected chi connectivity index (χ4v) is 2.27. The van der Waals surface area contributed by atoms with Gasteiger partial charge in [0, 0.05) is 18.7 Å². The molecule has 0 aliphatic heterocycles. The van der Waals surface area contributed by atoms with Crippen molar-refractivity contribution in [3.63, 3.8) is 0 Å². The highest BCUT2D eigenvalue weighted by molar-refractivity contribution is 5.94. The van der Waals surface area contributed by atoms with Crippen LogP contribution in [0, 0.1) is 17.7 Å². The average Bonchev–Trinajstić information content (AvgIpc) is 3.22. The van der Waals surface area contributed by atoms with Crippen molar-refractivity contribution < 1.29 is 9.18 Å². The van der Waals surface area contributed by atoms with E-state index < -0.39 is 0 Å². The first kappa shape index (κ1) is 11.7. The van der Waals surface area contributed by atoms with Crippen molar-refractivity contribution in [1.29, 1.82) is 0 Å². The Morgan fingerprint density at radius 3 is 2.28 bits per heavy atom. The second-order valence-electron chi connectivity index (χ2n) is 5.61. The summed E-state index contributed by atoms with van der Waals surface area (Å²) in [5.74, 6) is 1.02. The molecule has 2 nitrogen and oxygen atoms in total. The van der Waals surface area contributed by atoms with Crippen molar-refractivity contribution in [1.82, 2.24) is 4.90 Å². The van der Waals surface area contributed by atoms with E-state index in [4.69, 9.17) is 0 Å². The first-order valence-electron chi connectivity index (χ1n) is 6.77. The van der Waals surface area contributed by atoms with Gasteiger partial charge in [0.2, 0.25) is 0 Å². The lowest BCUT2D eigenvalue weighted by Gasteiger charge is -2.22. The summed E-state index contributed by atoms with van der Waals surface area (Å²) in [5, 5.41) is 0. The summed E-state index contributed by atoms with van der Waals surface area (Å²) < 4.78 is 13.2. The zero-order chi connectivity index (χ0) is 12.5. The number of amides is 1. The molecule has 2 aliphatic carbocycles. The third-order valence-electron chi connectivity index (χ3n) is 3.71. The molecule has 0 bridgehead atoms. The highest BCUT2D eigenvalue weighted by Gasteiger charge is 2.31. The molecule has 2 aliphatic rings. The lowest BCUT2D eigenvalue weighted by Crippen LogP contribution is -2.34. The van der Waals surface area contributed by atoms with Gasteiger partial charge in [0.15, 0.2) is 0 Å². The molecule has 2 saturated carbocycles. The Morgan fingerprint density at radius 1 is 1.17 bits per heavy atom. The Hall–Kier alpha value is -1.38. The van der Waals surface area contributed by atoms with Crippen LogP contribution in [-0.4, -0.2) is 23.9 Å². The van der Waals surface area contributed by atoms with Gasteiger partial charge in [-0.1, -0.05) is 6.07 Å². The van der Waals surface area contributed by atoms with Gasteiger partial charge >= 0.3 is 0 Å². The standard InChI is InChI=1S/C15H18FNO/c16-14-3-1-2-13(8-14)15(18)17(9-11-4-5-11)10-12-6-7-12/h1-3,8,11-12H,4-7,9-10H2. The molecular formula is C15H18FNO. The molecule has 0 saturated heterocycles. The lowest BCUT2D eigenvalue weighted by atomic mass is 10.1. The maximum atomic E-state index is 13.2. The normalized spacial score (nSPS) is 18.7. The van der Waals surface area contributed by atoms with Gasteiger partial charge in [-0.25, -0.2) is 4.39 Å². The summed E-state index contributed by atoms with van der Waals surface area (Å²) in [6.45, 7) is 1.71. The van der Waals surface area contributed by atoms with E-state index in [1.54, 1.807) is 12.1 Å². The smallest absolute Gasteiger partial charge is 0.253 e. The fraction of sp³-hybridized carbons (Fsp3) is 0.533. The van der Waals surface area contributed by atoms with Gasteiger partial charge in [0.05, 0.1) is 0 Å². The Balaban J connectivity index is 1.72. The van der Waals surface area contributed by atoms with Crippen LogP contribution in [0.15, 0.2) is 24.3 Å². The van der Waals surface area contributed by atoms with Crippen LogP contribution >= 0.6 is 0 Å². The van der Waals surface area contributed by atoms with E-state index in [1.165, 1.54) is 37.8 Å². The number of hydrogen-bond donors (Lipinski definition) is 0. The topological polar surface area (TPSA) is 20.3 Å². The van der Waals surface area contributed by atoms with Gasteiger partial charge in [-0.2, -0.15) is 0 Å². The molecular weight excluding hydrogens is 229 g/mol. The molecule has 18 heavy (non-hydrogen) atoms. The predicted molar refractivity (Wildman–Crippen MR) is 67.8 cm³/mol. The Kier molecular flexibility index (Phi) is 3.06. The molecule has 0 aromatic heterocycles. The van der Waals surface area contributed by atoms with Crippen molar-refractivity contribution in [2.75, 3.05) is 13.1 Å². The van der Waals surface area contributed by atoms with E-state index in [0.717, 1.165) is 13.1 Å². The van der Waals surface area contributed by atoms with Crippen molar-refractivity contribution in [3.8, 4) is 0 Å². The zero-order valence-electron chi connectivity index (χ0n) is 10.4. The van der Waals surface area contributed by atoms with Gasteiger partial charge in [-0.3, -0.25) is 4.79 Å². The molecule has 96 valence electrons. The number of rotatable bonds is 5. The fourth-order valence-electron chi connectivity index (χ4n) is 2.27. The molecule has 0 N–H and O–H groups in total. The highest BCUT2D eigenvalue weighted by atomic mass is 19.1. The minimum absolute atomic E-state index is 0.00620. The summed E-state index contributed by atoms with van der Waals surface area (Å²) >= 11 is 0. The maximum Gasteiger partial charge on any atom is 0.253 e. The van der Waals surface area contributed by atoms with Crippen molar-refractivity contribution in [2.24, 2.45) is 11.8 Å². The number of benzene rings is 1. The summed E-state index contributed by atoms with van der Waals surface area (Å²) in [7, 11) is 0. The van der Waals surface area contributed by atoms with E-state index >= 15 is 0 Å². The summed E-state index contributed by atoms with van der Waals surface area (Å²) in [6.07, 6.45) is 4.93. The van der Waals surface area contributed by atoms with Crippen LogP contribution in [-0.2, 0) is 0 Å². The molecule has 1 amide bonds. The summed E-state index contributed by atoms with van der Waals surface area (Å²) in [5.41, 5.74) is 0.483. The number of halogens is 1. The Labute approximate surface area is 107 Å². The minimum atomic E-state index is -0.335. The molecule has 0 heterocycles. The lowest BCUT2D eigenvalue weighted by molar-refractivity contribution is 0.0739. The largest absolute Gasteiger partial charge is 0.338 e. The Morgan fingerprint density at radius 2 is 1.78 bits per heavy atom. The van der Waals surface area contributed by atoms with E-state index in [9.17, 15) is 9.18 Å². The van der Waals surface area contributed by atoms with Crippen LogP contribution < -0.4 is 0 Å². The van der Waals surface area contributed by atoms with E-state index in [0.29, 0.717) is 17.4 Å². The van der Waals surface area contributed by atoms with E-state index in [1.807, 2.05) is 4.90 Å². The molecule has 3 heteroatoms. The molecule has 3 rings (SSSR count). The Bertz CT molecular complexity index is 438. The van der Waals surface area contributed by atoms with Gasteiger partial charge in [0.25, 0.3) is 5.91 Å². The monoisotopic (exact) mass is 247 g/mol. The van der Waals surface area contributed by atoms with Crippen LogP contribution in [0.25, 0.3) is 0 Å². The van der Waals surface area contributed by atoms with Crippen LogP contribution in [0.4, 0.5) is 4.39 Å². The van der Waals surface area contributed by atoms with Crippen molar-refractivity contribution in [3.05, 3.63) is 35.6 Å². The number of carbonyl (C=O) groups is 1. The van der Waals surface area contributed by atoms with E-state index in [2.05, 4.69) is 0 Å². The first-order chi connectivity index (χ1) is 8.72. The molecule has 1 aromatic carbocycles. The average molecular weight is 247 g/mol.